The molecule has 1 amide bonds. The zero-order valence-electron chi connectivity index (χ0n) is 15.1. The number of rotatable bonds is 5. The number of hydrogen-bond acceptors (Lipinski definition) is 4. The molecule has 28 heavy (non-hydrogen) atoms. The van der Waals surface area contributed by atoms with Crippen LogP contribution in [0.25, 0.3) is 0 Å². The third-order valence-electron chi connectivity index (χ3n) is 4.82. The molecule has 1 aromatic heterocycles. The summed E-state index contributed by atoms with van der Waals surface area (Å²) >= 11 is 1.66. The molecular weight excluding hydrogens is 392 g/mol. The van der Waals surface area contributed by atoms with E-state index < -0.39 is 10.0 Å². The second-order valence-electron chi connectivity index (χ2n) is 6.67. The van der Waals surface area contributed by atoms with Gasteiger partial charge in [-0.3, -0.25) is 9.52 Å². The van der Waals surface area contributed by atoms with Crippen LogP contribution in [-0.4, -0.2) is 25.8 Å². The van der Waals surface area contributed by atoms with Gasteiger partial charge in [0.15, 0.2) is 0 Å². The molecule has 0 radical (unpaired) electrons. The molecule has 0 aliphatic carbocycles. The van der Waals surface area contributed by atoms with Gasteiger partial charge < -0.3 is 4.90 Å². The van der Waals surface area contributed by atoms with E-state index in [-0.39, 0.29) is 16.8 Å². The van der Waals surface area contributed by atoms with Crippen LogP contribution < -0.4 is 4.72 Å². The van der Waals surface area contributed by atoms with Crippen molar-refractivity contribution in [3.63, 3.8) is 0 Å². The summed E-state index contributed by atoms with van der Waals surface area (Å²) in [4.78, 5) is 16.2. The number of benzene rings is 2. The highest BCUT2D eigenvalue weighted by Gasteiger charge is 2.31. The number of amides is 1. The van der Waals surface area contributed by atoms with Gasteiger partial charge in [0.25, 0.3) is 15.9 Å². The molecule has 2 heterocycles. The average Bonchev–Trinajstić information content (AvgIpc) is 3.39. The van der Waals surface area contributed by atoms with Crippen molar-refractivity contribution in [2.75, 3.05) is 11.3 Å². The Labute approximate surface area is 168 Å². The molecule has 144 valence electrons. The minimum Gasteiger partial charge on any atom is -0.331 e. The predicted octanol–water partition coefficient (Wildman–Crippen LogP) is 4.53. The van der Waals surface area contributed by atoms with Gasteiger partial charge in [-0.1, -0.05) is 24.3 Å². The van der Waals surface area contributed by atoms with Crippen LogP contribution in [0.1, 0.15) is 34.1 Å². The molecule has 0 spiro atoms. The van der Waals surface area contributed by atoms with Crippen molar-refractivity contribution in [3.8, 4) is 0 Å². The fourth-order valence-corrected chi connectivity index (χ4v) is 5.38. The summed E-state index contributed by atoms with van der Waals surface area (Å²) in [7, 11) is -3.69. The number of sulfonamides is 1. The molecule has 2 aromatic carbocycles. The van der Waals surface area contributed by atoms with Gasteiger partial charge in [0.05, 0.1) is 10.9 Å². The van der Waals surface area contributed by atoms with E-state index in [9.17, 15) is 13.2 Å². The number of carbonyl (C=O) groups excluding carboxylic acids is 1. The van der Waals surface area contributed by atoms with E-state index >= 15 is 0 Å². The highest BCUT2D eigenvalue weighted by atomic mass is 32.2. The first kappa shape index (κ1) is 18.7. The lowest BCUT2D eigenvalue weighted by molar-refractivity contribution is 0.0738. The van der Waals surface area contributed by atoms with Crippen molar-refractivity contribution < 1.29 is 13.2 Å². The van der Waals surface area contributed by atoms with Crippen molar-refractivity contribution in [2.45, 2.75) is 23.8 Å². The summed E-state index contributed by atoms with van der Waals surface area (Å²) in [6.45, 7) is 0.719. The Kier molecular flexibility index (Phi) is 5.19. The predicted molar refractivity (Wildman–Crippen MR) is 111 cm³/mol. The Morgan fingerprint density at radius 2 is 1.75 bits per heavy atom. The molecule has 1 aliphatic heterocycles. The number of carbonyl (C=O) groups is 1. The van der Waals surface area contributed by atoms with Gasteiger partial charge in [0.2, 0.25) is 0 Å². The van der Waals surface area contributed by atoms with Crippen molar-refractivity contribution >= 4 is 33.0 Å². The van der Waals surface area contributed by atoms with E-state index in [0.29, 0.717) is 11.3 Å². The third-order valence-corrected chi connectivity index (χ3v) is 7.19. The minimum absolute atomic E-state index is 0.0594. The number of likely N-dealkylation sites (tertiary alicyclic amines) is 1. The molecule has 1 fully saturated rings. The lowest BCUT2D eigenvalue weighted by Gasteiger charge is -2.24. The largest absolute Gasteiger partial charge is 0.331 e. The number of anilines is 1. The van der Waals surface area contributed by atoms with Gasteiger partial charge in [0, 0.05) is 22.7 Å². The van der Waals surface area contributed by atoms with Gasteiger partial charge in [-0.2, -0.15) is 0 Å². The Morgan fingerprint density at radius 3 is 2.43 bits per heavy atom. The van der Waals surface area contributed by atoms with E-state index in [4.69, 9.17) is 0 Å². The van der Waals surface area contributed by atoms with Crippen molar-refractivity contribution in [1.82, 2.24) is 4.90 Å². The average molecular weight is 413 g/mol. The summed E-state index contributed by atoms with van der Waals surface area (Å²) in [6.07, 6.45) is 1.93. The van der Waals surface area contributed by atoms with Crippen molar-refractivity contribution in [3.05, 3.63) is 82.6 Å². The van der Waals surface area contributed by atoms with E-state index in [0.717, 1.165) is 19.4 Å². The molecule has 4 rings (SSSR count). The highest BCUT2D eigenvalue weighted by Crippen LogP contribution is 2.35. The van der Waals surface area contributed by atoms with Gasteiger partial charge >= 0.3 is 0 Å². The molecule has 1 aliphatic rings. The third kappa shape index (κ3) is 3.81. The van der Waals surface area contributed by atoms with Crippen LogP contribution in [0.15, 0.2) is 77.0 Å². The molecule has 0 bridgehead atoms. The maximum atomic E-state index is 13.0. The molecule has 3 aromatic rings. The van der Waals surface area contributed by atoms with Crippen LogP contribution >= 0.6 is 11.3 Å². The fraction of sp³-hybridized carbons (Fsp3) is 0.190. The summed E-state index contributed by atoms with van der Waals surface area (Å²) < 4.78 is 27.6. The quantitative estimate of drug-likeness (QED) is 0.670. The Bertz CT molecular complexity index is 1050. The van der Waals surface area contributed by atoms with E-state index in [1.807, 2.05) is 22.4 Å². The summed E-state index contributed by atoms with van der Waals surface area (Å²) in [5.74, 6) is -0.0594. The number of para-hydroxylation sites is 1. The summed E-state index contributed by atoms with van der Waals surface area (Å²) in [6, 6.07) is 19.0. The van der Waals surface area contributed by atoms with Gasteiger partial charge in [-0.05, 0) is 60.7 Å². The summed E-state index contributed by atoms with van der Waals surface area (Å²) in [5.41, 5.74) is 1.00. The van der Waals surface area contributed by atoms with Gasteiger partial charge in [0.1, 0.15) is 0 Å². The molecule has 0 unspecified atom stereocenters. The SMILES string of the molecule is O=C(c1ccc(S(=O)(=O)Nc2ccccc2)cc1)N1CCC[C@@H]1c1cccs1. The van der Waals surface area contributed by atoms with Crippen LogP contribution in [0.4, 0.5) is 5.69 Å². The molecular formula is C21H20N2O3S2. The first-order chi connectivity index (χ1) is 13.5. The Balaban J connectivity index is 1.52. The molecule has 7 heteroatoms. The molecule has 0 saturated carbocycles. The molecule has 1 saturated heterocycles. The number of hydrogen-bond donors (Lipinski definition) is 1. The zero-order chi connectivity index (χ0) is 19.6. The van der Waals surface area contributed by atoms with Crippen LogP contribution in [0, 0.1) is 0 Å². The van der Waals surface area contributed by atoms with Gasteiger partial charge in [-0.15, -0.1) is 11.3 Å². The lowest BCUT2D eigenvalue weighted by Crippen LogP contribution is -2.30. The smallest absolute Gasteiger partial charge is 0.261 e. The van der Waals surface area contributed by atoms with Crippen LogP contribution in [-0.2, 0) is 10.0 Å². The molecule has 1 atom stereocenters. The Morgan fingerprint density at radius 1 is 1.00 bits per heavy atom. The maximum absolute atomic E-state index is 13.0. The number of nitrogens with one attached hydrogen (secondary N) is 1. The topological polar surface area (TPSA) is 66.5 Å². The second kappa shape index (κ2) is 7.77. The molecule has 5 nitrogen and oxygen atoms in total. The van der Waals surface area contributed by atoms with Crippen LogP contribution in [0.5, 0.6) is 0 Å². The standard InChI is InChI=1S/C21H20N2O3S2/c24-21(23-14-4-8-19(23)20-9-5-15-27-20)16-10-12-18(13-11-16)28(25,26)22-17-6-2-1-3-7-17/h1-3,5-7,9-13,15,19,22H,4,8,14H2/t19-/m1/s1. The van der Waals surface area contributed by atoms with Crippen LogP contribution in [0.2, 0.25) is 0 Å². The number of nitrogens with zero attached hydrogens (tertiary/aromatic N) is 1. The van der Waals surface area contributed by atoms with Crippen molar-refractivity contribution in [2.24, 2.45) is 0 Å². The van der Waals surface area contributed by atoms with E-state index in [2.05, 4.69) is 10.8 Å². The highest BCUT2D eigenvalue weighted by molar-refractivity contribution is 7.92. The lowest BCUT2D eigenvalue weighted by atomic mass is 10.1. The zero-order valence-corrected chi connectivity index (χ0v) is 16.7. The van der Waals surface area contributed by atoms with E-state index in [1.54, 1.807) is 47.7 Å². The van der Waals surface area contributed by atoms with E-state index in [1.165, 1.54) is 17.0 Å². The normalized spacial score (nSPS) is 16.9. The fourth-order valence-electron chi connectivity index (χ4n) is 3.45. The summed E-state index contributed by atoms with van der Waals surface area (Å²) in [5, 5.41) is 2.02. The Hall–Kier alpha value is -2.64. The number of thiophene rings is 1. The van der Waals surface area contributed by atoms with Crippen molar-refractivity contribution in [1.29, 1.82) is 0 Å². The molecule has 1 N–H and O–H groups in total. The first-order valence-corrected chi connectivity index (χ1v) is 11.4. The van der Waals surface area contributed by atoms with Crippen LogP contribution in [0.3, 0.4) is 0 Å². The van der Waals surface area contributed by atoms with Gasteiger partial charge in [-0.25, -0.2) is 8.42 Å². The monoisotopic (exact) mass is 412 g/mol. The maximum Gasteiger partial charge on any atom is 0.261 e. The second-order valence-corrected chi connectivity index (χ2v) is 9.33. The minimum atomic E-state index is -3.69. The first-order valence-electron chi connectivity index (χ1n) is 9.07.